The lowest BCUT2D eigenvalue weighted by Crippen LogP contribution is -1.97. The van der Waals surface area contributed by atoms with E-state index in [4.69, 9.17) is 5.73 Å². The molecule has 0 saturated heterocycles. The van der Waals surface area contributed by atoms with Crippen molar-refractivity contribution in [1.29, 1.82) is 0 Å². The van der Waals surface area contributed by atoms with Crippen molar-refractivity contribution in [1.82, 2.24) is 9.38 Å². The Morgan fingerprint density at radius 2 is 2.11 bits per heavy atom. The molecule has 2 N–H and O–H groups in total. The fourth-order valence-electron chi connectivity index (χ4n) is 2.01. The fourth-order valence-corrected chi connectivity index (χ4v) is 2.01. The van der Waals surface area contributed by atoms with E-state index in [2.05, 4.69) is 4.98 Å². The van der Waals surface area contributed by atoms with Crippen LogP contribution < -0.4 is 5.73 Å². The highest BCUT2D eigenvalue weighted by Crippen LogP contribution is 2.21. The van der Waals surface area contributed by atoms with Crippen molar-refractivity contribution in [3.05, 3.63) is 60.2 Å². The molecule has 0 saturated carbocycles. The van der Waals surface area contributed by atoms with Gasteiger partial charge in [-0.15, -0.1) is 0 Å². The minimum atomic E-state index is -0.261. The largest absolute Gasteiger partial charge is 0.326 e. The molecule has 2 heterocycles. The number of hydrogen-bond donors (Lipinski definition) is 1. The van der Waals surface area contributed by atoms with Crippen LogP contribution in [0.4, 0.5) is 4.39 Å². The normalized spacial score (nSPS) is 11.0. The molecule has 0 fully saturated rings. The SMILES string of the molecule is NCc1ccn2c(-c3cccc(F)c3)ncc2c1. The van der Waals surface area contributed by atoms with Gasteiger partial charge in [-0.3, -0.25) is 4.40 Å². The average molecular weight is 241 g/mol. The molecule has 0 spiro atoms. The predicted octanol–water partition coefficient (Wildman–Crippen LogP) is 2.60. The van der Waals surface area contributed by atoms with Crippen molar-refractivity contribution in [2.75, 3.05) is 0 Å². The molecule has 0 radical (unpaired) electrons. The second kappa shape index (κ2) is 4.23. The van der Waals surface area contributed by atoms with Crippen LogP contribution in [-0.4, -0.2) is 9.38 Å². The minimum absolute atomic E-state index is 0.261. The number of aromatic nitrogens is 2. The van der Waals surface area contributed by atoms with Crippen LogP contribution in [0.1, 0.15) is 5.56 Å². The number of rotatable bonds is 2. The zero-order valence-electron chi connectivity index (χ0n) is 9.68. The molecular weight excluding hydrogens is 229 g/mol. The van der Waals surface area contributed by atoms with Crippen LogP contribution >= 0.6 is 0 Å². The number of nitrogens with two attached hydrogens (primary N) is 1. The van der Waals surface area contributed by atoms with Gasteiger partial charge in [0.15, 0.2) is 0 Å². The molecule has 0 aliphatic rings. The van der Waals surface area contributed by atoms with Crippen LogP contribution in [0.5, 0.6) is 0 Å². The zero-order valence-corrected chi connectivity index (χ0v) is 9.68. The van der Waals surface area contributed by atoms with Crippen molar-refractivity contribution < 1.29 is 4.39 Å². The Kier molecular flexibility index (Phi) is 2.57. The van der Waals surface area contributed by atoms with E-state index in [1.165, 1.54) is 12.1 Å². The maximum atomic E-state index is 13.2. The third-order valence-electron chi connectivity index (χ3n) is 2.91. The smallest absolute Gasteiger partial charge is 0.144 e. The number of hydrogen-bond acceptors (Lipinski definition) is 2. The van der Waals surface area contributed by atoms with Crippen LogP contribution in [0.3, 0.4) is 0 Å². The van der Waals surface area contributed by atoms with Crippen LogP contribution in [0.15, 0.2) is 48.8 Å². The minimum Gasteiger partial charge on any atom is -0.326 e. The summed E-state index contributed by atoms with van der Waals surface area (Å²) in [5.74, 6) is 0.468. The van der Waals surface area contributed by atoms with Gasteiger partial charge in [-0.2, -0.15) is 0 Å². The van der Waals surface area contributed by atoms with E-state index in [0.717, 1.165) is 22.5 Å². The highest BCUT2D eigenvalue weighted by Gasteiger charge is 2.07. The first-order valence-electron chi connectivity index (χ1n) is 5.70. The molecule has 0 atom stereocenters. The van der Waals surface area contributed by atoms with Gasteiger partial charge in [-0.1, -0.05) is 12.1 Å². The number of fused-ring (bicyclic) bond motifs is 1. The second-order valence-electron chi connectivity index (χ2n) is 4.13. The summed E-state index contributed by atoms with van der Waals surface area (Å²) >= 11 is 0. The third-order valence-corrected chi connectivity index (χ3v) is 2.91. The lowest BCUT2D eigenvalue weighted by Gasteiger charge is -2.03. The molecule has 90 valence electrons. The van der Waals surface area contributed by atoms with Crippen molar-refractivity contribution >= 4 is 5.52 Å². The zero-order chi connectivity index (χ0) is 12.5. The van der Waals surface area contributed by atoms with Gasteiger partial charge in [-0.25, -0.2) is 9.37 Å². The van der Waals surface area contributed by atoms with E-state index < -0.39 is 0 Å². The topological polar surface area (TPSA) is 43.3 Å². The van der Waals surface area contributed by atoms with E-state index >= 15 is 0 Å². The Morgan fingerprint density at radius 1 is 1.22 bits per heavy atom. The van der Waals surface area contributed by atoms with Crippen LogP contribution in [0, 0.1) is 5.82 Å². The molecule has 4 heteroatoms. The highest BCUT2D eigenvalue weighted by atomic mass is 19.1. The molecule has 0 aliphatic heterocycles. The summed E-state index contributed by atoms with van der Waals surface area (Å²) in [5.41, 5.74) is 8.36. The number of pyridine rings is 1. The van der Waals surface area contributed by atoms with Gasteiger partial charge < -0.3 is 5.73 Å². The first kappa shape index (κ1) is 10.9. The molecule has 0 bridgehead atoms. The summed E-state index contributed by atoms with van der Waals surface area (Å²) in [4.78, 5) is 4.34. The molecule has 3 aromatic rings. The summed E-state index contributed by atoms with van der Waals surface area (Å²) in [6, 6.07) is 10.3. The van der Waals surface area contributed by atoms with E-state index in [-0.39, 0.29) is 5.82 Å². The van der Waals surface area contributed by atoms with Gasteiger partial charge in [0, 0.05) is 18.3 Å². The van der Waals surface area contributed by atoms with Crippen LogP contribution in [-0.2, 0) is 6.54 Å². The van der Waals surface area contributed by atoms with Crippen LogP contribution in [0.25, 0.3) is 16.9 Å². The maximum absolute atomic E-state index is 13.2. The number of nitrogens with zero attached hydrogens (tertiary/aromatic N) is 2. The number of benzene rings is 1. The monoisotopic (exact) mass is 241 g/mol. The van der Waals surface area contributed by atoms with Gasteiger partial charge in [-0.05, 0) is 29.8 Å². The summed E-state index contributed by atoms with van der Waals surface area (Å²) in [7, 11) is 0. The Morgan fingerprint density at radius 3 is 2.89 bits per heavy atom. The van der Waals surface area contributed by atoms with Gasteiger partial charge >= 0.3 is 0 Å². The van der Waals surface area contributed by atoms with Gasteiger partial charge in [0.1, 0.15) is 11.6 Å². The van der Waals surface area contributed by atoms with E-state index in [0.29, 0.717) is 6.54 Å². The fraction of sp³-hybridized carbons (Fsp3) is 0.0714. The number of halogens is 1. The summed E-state index contributed by atoms with van der Waals surface area (Å²) < 4.78 is 15.1. The molecular formula is C14H12FN3. The van der Waals surface area contributed by atoms with Crippen molar-refractivity contribution in [2.45, 2.75) is 6.54 Å². The third kappa shape index (κ3) is 1.76. The summed E-state index contributed by atoms with van der Waals surface area (Å²) in [6.07, 6.45) is 3.67. The van der Waals surface area contributed by atoms with E-state index in [9.17, 15) is 4.39 Å². The lowest BCUT2D eigenvalue weighted by molar-refractivity contribution is 0.628. The van der Waals surface area contributed by atoms with Crippen LogP contribution in [0.2, 0.25) is 0 Å². The Balaban J connectivity index is 2.18. The van der Waals surface area contributed by atoms with Crippen molar-refractivity contribution in [3.63, 3.8) is 0 Å². The Labute approximate surface area is 104 Å². The van der Waals surface area contributed by atoms with E-state index in [1.54, 1.807) is 12.3 Å². The van der Waals surface area contributed by atoms with Gasteiger partial charge in [0.25, 0.3) is 0 Å². The maximum Gasteiger partial charge on any atom is 0.144 e. The quantitative estimate of drug-likeness (QED) is 0.749. The lowest BCUT2D eigenvalue weighted by atomic mass is 10.2. The first-order chi connectivity index (χ1) is 8.78. The molecule has 3 rings (SSSR count). The Bertz CT molecular complexity index is 703. The molecule has 0 amide bonds. The van der Waals surface area contributed by atoms with Gasteiger partial charge in [0.2, 0.25) is 0 Å². The highest BCUT2D eigenvalue weighted by molar-refractivity contribution is 5.62. The summed E-state index contributed by atoms with van der Waals surface area (Å²) in [6.45, 7) is 0.497. The molecule has 3 nitrogen and oxygen atoms in total. The standard InChI is InChI=1S/C14H12FN3/c15-12-3-1-2-11(7-12)14-17-9-13-6-10(8-16)4-5-18(13)14/h1-7,9H,8,16H2. The molecule has 2 aromatic heterocycles. The Hall–Kier alpha value is -2.20. The summed E-state index contributed by atoms with van der Waals surface area (Å²) in [5, 5.41) is 0. The van der Waals surface area contributed by atoms with Gasteiger partial charge in [0.05, 0.1) is 11.7 Å². The number of imidazole rings is 1. The average Bonchev–Trinajstić information content (AvgIpc) is 2.81. The first-order valence-corrected chi connectivity index (χ1v) is 5.70. The van der Waals surface area contributed by atoms with Crippen molar-refractivity contribution in [2.24, 2.45) is 5.73 Å². The molecule has 18 heavy (non-hydrogen) atoms. The second-order valence-corrected chi connectivity index (χ2v) is 4.13. The molecule has 1 aromatic carbocycles. The van der Waals surface area contributed by atoms with Crippen molar-refractivity contribution in [3.8, 4) is 11.4 Å². The molecule has 0 aliphatic carbocycles. The predicted molar refractivity (Wildman–Crippen MR) is 68.5 cm³/mol. The van der Waals surface area contributed by atoms with E-state index in [1.807, 2.05) is 28.8 Å². The molecule has 0 unspecified atom stereocenters.